The average molecular weight is 356 g/mol. The van der Waals surface area contributed by atoms with Gasteiger partial charge in [-0.2, -0.15) is 5.10 Å². The van der Waals surface area contributed by atoms with E-state index in [-0.39, 0.29) is 11.7 Å². The summed E-state index contributed by atoms with van der Waals surface area (Å²) in [6.07, 6.45) is 6.41. The third kappa shape index (κ3) is 3.96. The monoisotopic (exact) mass is 356 g/mol. The van der Waals surface area contributed by atoms with Crippen molar-refractivity contribution in [2.24, 2.45) is 5.92 Å². The third-order valence-corrected chi connectivity index (χ3v) is 5.54. The Morgan fingerprint density at radius 2 is 2.00 bits per heavy atom. The quantitative estimate of drug-likeness (QED) is 0.827. The zero-order valence-corrected chi connectivity index (χ0v) is 14.9. The number of fused-ring (bicyclic) bond motifs is 4. The lowest BCUT2D eigenvalue weighted by molar-refractivity contribution is -0.135. The van der Waals surface area contributed by atoms with Crippen molar-refractivity contribution in [3.63, 3.8) is 0 Å². The molecule has 3 aliphatic heterocycles. The van der Waals surface area contributed by atoms with Crippen molar-refractivity contribution in [2.75, 3.05) is 19.6 Å². The van der Waals surface area contributed by atoms with Crippen LogP contribution in [0.2, 0.25) is 0 Å². The molecule has 5 nitrogen and oxygen atoms in total. The lowest BCUT2D eigenvalue weighted by Gasteiger charge is -2.36. The number of hydrogen-bond acceptors (Lipinski definition) is 3. The zero-order valence-electron chi connectivity index (χ0n) is 14.9. The van der Waals surface area contributed by atoms with Crippen LogP contribution in [0.1, 0.15) is 24.8 Å². The molecule has 6 heteroatoms. The maximum Gasteiger partial charge on any atom is 0.224 e. The normalized spacial score (nSPS) is 23.2. The summed E-state index contributed by atoms with van der Waals surface area (Å²) in [4.78, 5) is 17.3. The molecule has 5 rings (SSSR count). The van der Waals surface area contributed by atoms with E-state index in [9.17, 15) is 9.18 Å². The number of hydrogen-bond donors (Lipinski definition) is 0. The van der Waals surface area contributed by atoms with Crippen LogP contribution in [0.15, 0.2) is 42.7 Å². The minimum absolute atomic E-state index is 0.196. The van der Waals surface area contributed by atoms with Crippen LogP contribution in [0.25, 0.3) is 0 Å². The van der Waals surface area contributed by atoms with Crippen LogP contribution in [-0.2, 0) is 17.9 Å². The number of aryl methyl sites for hydroxylation is 1. The van der Waals surface area contributed by atoms with E-state index in [0.717, 1.165) is 38.2 Å². The van der Waals surface area contributed by atoms with Crippen molar-refractivity contribution < 1.29 is 9.18 Å². The molecule has 138 valence electrons. The lowest BCUT2D eigenvalue weighted by atomic mass is 9.94. The fraction of sp³-hybridized carbons (Fsp3) is 0.500. The second-order valence-corrected chi connectivity index (χ2v) is 7.48. The molecule has 1 amide bonds. The van der Waals surface area contributed by atoms with Gasteiger partial charge >= 0.3 is 0 Å². The average Bonchev–Trinajstić information content (AvgIpc) is 3.02. The molecule has 2 aromatic rings. The van der Waals surface area contributed by atoms with E-state index in [2.05, 4.69) is 14.9 Å². The van der Waals surface area contributed by atoms with Crippen molar-refractivity contribution in [1.82, 2.24) is 19.6 Å². The zero-order chi connectivity index (χ0) is 17.9. The number of aromatic nitrogens is 2. The van der Waals surface area contributed by atoms with Crippen LogP contribution in [0.3, 0.4) is 0 Å². The molecule has 1 aromatic heterocycles. The largest absolute Gasteiger partial charge is 0.338 e. The van der Waals surface area contributed by atoms with E-state index in [1.165, 1.54) is 18.6 Å². The minimum atomic E-state index is -0.196. The Bertz CT molecular complexity index is 731. The number of halogens is 1. The second-order valence-electron chi connectivity index (χ2n) is 7.48. The Morgan fingerprint density at radius 1 is 1.15 bits per heavy atom. The predicted molar refractivity (Wildman–Crippen MR) is 96.7 cm³/mol. The first-order valence-electron chi connectivity index (χ1n) is 9.41. The van der Waals surface area contributed by atoms with Crippen LogP contribution in [0.5, 0.6) is 0 Å². The van der Waals surface area contributed by atoms with Gasteiger partial charge in [0.05, 0.1) is 0 Å². The fourth-order valence-corrected chi connectivity index (χ4v) is 4.25. The van der Waals surface area contributed by atoms with Crippen molar-refractivity contribution in [3.8, 4) is 0 Å². The lowest BCUT2D eigenvalue weighted by Crippen LogP contribution is -2.47. The van der Waals surface area contributed by atoms with Crippen LogP contribution < -0.4 is 0 Å². The predicted octanol–water partition coefficient (Wildman–Crippen LogP) is 2.54. The van der Waals surface area contributed by atoms with E-state index < -0.39 is 0 Å². The van der Waals surface area contributed by atoms with Crippen LogP contribution >= 0.6 is 0 Å². The van der Waals surface area contributed by atoms with Crippen LogP contribution in [0, 0.1) is 11.7 Å². The van der Waals surface area contributed by atoms with Gasteiger partial charge in [-0.25, -0.2) is 4.39 Å². The summed E-state index contributed by atoms with van der Waals surface area (Å²) in [5.74, 6) is 0.570. The second kappa shape index (κ2) is 7.58. The van der Waals surface area contributed by atoms with Gasteiger partial charge in [-0.1, -0.05) is 12.1 Å². The van der Waals surface area contributed by atoms with E-state index >= 15 is 0 Å². The smallest absolute Gasteiger partial charge is 0.224 e. The summed E-state index contributed by atoms with van der Waals surface area (Å²) in [5, 5.41) is 4.18. The number of nitrogens with zero attached hydrogens (tertiary/aromatic N) is 4. The number of piperidine rings is 1. The van der Waals surface area contributed by atoms with Crippen LogP contribution in [-0.4, -0.2) is 51.2 Å². The maximum atomic E-state index is 13.1. The van der Waals surface area contributed by atoms with E-state index in [4.69, 9.17) is 0 Å². The molecular formula is C20H25FN4O. The van der Waals surface area contributed by atoms with Gasteiger partial charge in [-0.05, 0) is 42.5 Å². The maximum absolute atomic E-state index is 13.1. The molecule has 1 aromatic carbocycles. The Kier molecular flexibility index (Phi) is 5.02. The number of rotatable bonds is 5. The first-order chi connectivity index (χ1) is 12.7. The van der Waals surface area contributed by atoms with Gasteiger partial charge in [0.1, 0.15) is 5.82 Å². The van der Waals surface area contributed by atoms with Gasteiger partial charge in [0.15, 0.2) is 0 Å². The molecule has 0 unspecified atom stereocenters. The molecule has 3 fully saturated rings. The molecule has 3 aliphatic rings. The van der Waals surface area contributed by atoms with Gasteiger partial charge in [0, 0.05) is 57.6 Å². The van der Waals surface area contributed by atoms with E-state index in [1.807, 2.05) is 29.1 Å². The molecule has 0 radical (unpaired) electrons. The third-order valence-electron chi connectivity index (χ3n) is 5.54. The minimum Gasteiger partial charge on any atom is -0.338 e. The molecule has 2 atom stereocenters. The Morgan fingerprint density at radius 3 is 2.77 bits per heavy atom. The summed E-state index contributed by atoms with van der Waals surface area (Å²) in [6, 6.07) is 8.93. The van der Waals surface area contributed by atoms with Gasteiger partial charge < -0.3 is 4.90 Å². The number of carbonyl (C=O) groups is 1. The number of carbonyl (C=O) groups excluding carboxylic acids is 1. The molecule has 2 bridgehead atoms. The molecule has 26 heavy (non-hydrogen) atoms. The Balaban J connectivity index is 1.38. The highest BCUT2D eigenvalue weighted by atomic mass is 19.1. The SMILES string of the molecule is O=C(CCn1cccn1)N1C[C@H]2CC[C@@H]1CN(Cc1ccc(F)cc1)C2. The molecular weight excluding hydrogens is 331 g/mol. The summed E-state index contributed by atoms with van der Waals surface area (Å²) >= 11 is 0. The van der Waals surface area contributed by atoms with Crippen LogP contribution in [0.4, 0.5) is 4.39 Å². The van der Waals surface area contributed by atoms with Crippen molar-refractivity contribution >= 4 is 5.91 Å². The van der Waals surface area contributed by atoms with Gasteiger partial charge in [-0.15, -0.1) is 0 Å². The summed E-state index contributed by atoms with van der Waals surface area (Å²) < 4.78 is 14.9. The van der Waals surface area contributed by atoms with E-state index in [1.54, 1.807) is 6.20 Å². The van der Waals surface area contributed by atoms with Gasteiger partial charge in [0.25, 0.3) is 0 Å². The fourth-order valence-electron chi connectivity index (χ4n) is 4.25. The number of amides is 1. The van der Waals surface area contributed by atoms with Crippen molar-refractivity contribution in [2.45, 2.75) is 38.4 Å². The summed E-state index contributed by atoms with van der Waals surface area (Å²) in [6.45, 7) is 4.24. The Labute approximate surface area is 153 Å². The Hall–Kier alpha value is -2.21. The topological polar surface area (TPSA) is 41.4 Å². The highest BCUT2D eigenvalue weighted by Gasteiger charge is 2.36. The molecule has 0 saturated carbocycles. The standard InChI is InChI=1S/C20H25FN4O/c21-18-5-2-16(3-6-18)12-23-13-17-4-7-19(15-23)25(14-17)20(26)8-11-24-10-1-9-22-24/h1-3,5-6,9-10,17,19H,4,7-8,11-15H2/t17-,19+/m0/s1. The van der Waals surface area contributed by atoms with Gasteiger partial charge in [0.2, 0.25) is 5.91 Å². The number of benzene rings is 1. The molecule has 0 N–H and O–H groups in total. The molecule has 0 aliphatic carbocycles. The van der Waals surface area contributed by atoms with Crippen molar-refractivity contribution in [1.29, 1.82) is 0 Å². The highest BCUT2D eigenvalue weighted by molar-refractivity contribution is 5.76. The molecule has 0 spiro atoms. The first kappa shape index (κ1) is 17.2. The summed E-state index contributed by atoms with van der Waals surface area (Å²) in [7, 11) is 0. The highest BCUT2D eigenvalue weighted by Crippen LogP contribution is 2.29. The molecule has 3 saturated heterocycles. The first-order valence-corrected chi connectivity index (χ1v) is 9.41. The van der Waals surface area contributed by atoms with E-state index in [0.29, 0.717) is 24.9 Å². The van der Waals surface area contributed by atoms with Gasteiger partial charge in [-0.3, -0.25) is 14.4 Å². The molecule has 4 heterocycles. The van der Waals surface area contributed by atoms with Crippen molar-refractivity contribution in [3.05, 3.63) is 54.1 Å². The summed E-state index contributed by atoms with van der Waals surface area (Å²) in [5.41, 5.74) is 1.13.